The predicted octanol–water partition coefficient (Wildman–Crippen LogP) is 3.72. The van der Waals surface area contributed by atoms with E-state index in [4.69, 9.17) is 4.74 Å². The van der Waals surface area contributed by atoms with Gasteiger partial charge >= 0.3 is 0 Å². The summed E-state index contributed by atoms with van der Waals surface area (Å²) in [5, 5.41) is 0. The van der Waals surface area contributed by atoms with Crippen molar-refractivity contribution >= 4 is 21.4 Å². The van der Waals surface area contributed by atoms with Crippen LogP contribution >= 0.6 is 0 Å². The molecule has 3 rings (SSSR count). The number of sulfone groups is 1. The number of hydrogen-bond donors (Lipinski definition) is 0. The Balaban J connectivity index is 1.88. The zero-order valence-electron chi connectivity index (χ0n) is 15.9. The molecule has 5 nitrogen and oxygen atoms in total. The highest BCUT2D eigenvalue weighted by atomic mass is 32.2. The van der Waals surface area contributed by atoms with Gasteiger partial charge in [0.15, 0.2) is 9.84 Å². The zero-order valence-corrected chi connectivity index (χ0v) is 16.8. The van der Waals surface area contributed by atoms with Gasteiger partial charge in [-0.05, 0) is 60.7 Å². The number of anilines is 1. The third kappa shape index (κ3) is 4.50. The van der Waals surface area contributed by atoms with Crippen LogP contribution in [0.1, 0.15) is 36.2 Å². The van der Waals surface area contributed by atoms with Crippen molar-refractivity contribution in [3.05, 3.63) is 53.6 Å². The van der Waals surface area contributed by atoms with E-state index in [-0.39, 0.29) is 5.91 Å². The van der Waals surface area contributed by atoms with Gasteiger partial charge < -0.3 is 9.64 Å². The fourth-order valence-corrected chi connectivity index (χ4v) is 3.82. The van der Waals surface area contributed by atoms with Gasteiger partial charge in [0.1, 0.15) is 5.75 Å². The molecular formula is C21H25NO4S. The quantitative estimate of drug-likeness (QED) is 0.784. The largest absolute Gasteiger partial charge is 0.493 e. The molecule has 2 aromatic rings. The standard InChI is InChI=1S/C21H25NO4S/c1-15(2)14-26-18-8-4-6-17(12-18)21(23)22-11-5-7-16-13-19(27(3,24)25)9-10-20(16)22/h4,6,8-10,12-13,15H,5,7,11,14H2,1-3H3. The van der Waals surface area contributed by atoms with E-state index in [9.17, 15) is 13.2 Å². The molecule has 27 heavy (non-hydrogen) atoms. The summed E-state index contributed by atoms with van der Waals surface area (Å²) in [6, 6.07) is 12.2. The Hall–Kier alpha value is -2.34. The summed E-state index contributed by atoms with van der Waals surface area (Å²) >= 11 is 0. The Kier molecular flexibility index (Phi) is 5.56. The Morgan fingerprint density at radius 2 is 1.96 bits per heavy atom. The lowest BCUT2D eigenvalue weighted by Gasteiger charge is -2.30. The molecule has 0 fully saturated rings. The van der Waals surface area contributed by atoms with E-state index in [0.29, 0.717) is 35.3 Å². The lowest BCUT2D eigenvalue weighted by Crippen LogP contribution is -2.35. The number of carbonyl (C=O) groups excluding carboxylic acids is 1. The molecule has 1 aliphatic rings. The van der Waals surface area contributed by atoms with Crippen LogP contribution in [0.4, 0.5) is 5.69 Å². The number of nitrogens with zero attached hydrogens (tertiary/aromatic N) is 1. The van der Waals surface area contributed by atoms with Crippen molar-refractivity contribution < 1.29 is 17.9 Å². The summed E-state index contributed by atoms with van der Waals surface area (Å²) in [5.74, 6) is 0.986. The highest BCUT2D eigenvalue weighted by molar-refractivity contribution is 7.90. The molecule has 0 saturated carbocycles. The van der Waals surface area contributed by atoms with Gasteiger partial charge in [0.05, 0.1) is 11.5 Å². The topological polar surface area (TPSA) is 63.7 Å². The number of carbonyl (C=O) groups is 1. The number of ether oxygens (including phenoxy) is 1. The fourth-order valence-electron chi connectivity index (χ4n) is 3.15. The van der Waals surface area contributed by atoms with E-state index in [1.165, 1.54) is 6.26 Å². The molecule has 0 saturated heterocycles. The average molecular weight is 388 g/mol. The first kappa shape index (κ1) is 19.4. The second kappa shape index (κ2) is 7.72. The number of amides is 1. The first-order valence-electron chi connectivity index (χ1n) is 9.13. The zero-order chi connectivity index (χ0) is 19.6. The van der Waals surface area contributed by atoms with E-state index in [0.717, 1.165) is 24.1 Å². The molecule has 6 heteroatoms. The maximum Gasteiger partial charge on any atom is 0.258 e. The van der Waals surface area contributed by atoms with Crippen LogP contribution in [0.5, 0.6) is 5.75 Å². The smallest absolute Gasteiger partial charge is 0.258 e. The molecule has 0 unspecified atom stereocenters. The van der Waals surface area contributed by atoms with Gasteiger partial charge in [-0.25, -0.2) is 8.42 Å². The van der Waals surface area contributed by atoms with E-state index in [1.54, 1.807) is 35.2 Å². The van der Waals surface area contributed by atoms with Crippen LogP contribution in [0.2, 0.25) is 0 Å². The number of benzene rings is 2. The van der Waals surface area contributed by atoms with Crippen LogP contribution in [-0.4, -0.2) is 33.7 Å². The molecule has 0 aliphatic carbocycles. The van der Waals surface area contributed by atoms with E-state index in [1.807, 2.05) is 12.1 Å². The molecule has 0 radical (unpaired) electrons. The van der Waals surface area contributed by atoms with E-state index < -0.39 is 9.84 Å². The first-order chi connectivity index (χ1) is 12.8. The van der Waals surface area contributed by atoms with Crippen LogP contribution in [-0.2, 0) is 16.3 Å². The number of hydrogen-bond acceptors (Lipinski definition) is 4. The molecule has 0 bridgehead atoms. The maximum atomic E-state index is 13.1. The van der Waals surface area contributed by atoms with Gasteiger partial charge in [-0.15, -0.1) is 0 Å². The molecule has 2 aromatic carbocycles. The van der Waals surface area contributed by atoms with E-state index in [2.05, 4.69) is 13.8 Å². The minimum absolute atomic E-state index is 0.0990. The van der Waals surface area contributed by atoms with Crippen molar-refractivity contribution in [2.24, 2.45) is 5.92 Å². The van der Waals surface area contributed by atoms with Crippen molar-refractivity contribution in [2.75, 3.05) is 24.3 Å². The minimum Gasteiger partial charge on any atom is -0.493 e. The third-order valence-corrected chi connectivity index (χ3v) is 5.62. The highest BCUT2D eigenvalue weighted by Gasteiger charge is 2.25. The molecular weight excluding hydrogens is 362 g/mol. The van der Waals surface area contributed by atoms with Crippen molar-refractivity contribution in [2.45, 2.75) is 31.6 Å². The molecule has 144 valence electrons. The van der Waals surface area contributed by atoms with Crippen LogP contribution in [0.25, 0.3) is 0 Å². The molecule has 1 heterocycles. The van der Waals surface area contributed by atoms with E-state index >= 15 is 0 Å². The molecule has 1 amide bonds. The first-order valence-corrected chi connectivity index (χ1v) is 11.0. The summed E-state index contributed by atoms with van der Waals surface area (Å²) in [6.07, 6.45) is 2.76. The minimum atomic E-state index is -3.27. The van der Waals surface area contributed by atoms with Crippen molar-refractivity contribution in [1.29, 1.82) is 0 Å². The Morgan fingerprint density at radius 1 is 1.19 bits per heavy atom. The normalized spacial score (nSPS) is 14.1. The summed E-state index contributed by atoms with van der Waals surface area (Å²) in [5.41, 5.74) is 2.24. The monoisotopic (exact) mass is 387 g/mol. The van der Waals surface area contributed by atoms with Crippen molar-refractivity contribution in [3.8, 4) is 5.75 Å². The number of fused-ring (bicyclic) bond motifs is 1. The maximum absolute atomic E-state index is 13.1. The van der Waals surface area contributed by atoms with Crippen LogP contribution in [0.3, 0.4) is 0 Å². The second-order valence-corrected chi connectivity index (χ2v) is 9.37. The lowest BCUT2D eigenvalue weighted by molar-refractivity contribution is 0.0984. The molecule has 0 atom stereocenters. The van der Waals surface area contributed by atoms with Crippen molar-refractivity contribution in [3.63, 3.8) is 0 Å². The Labute approximate surface area is 160 Å². The lowest BCUT2D eigenvalue weighted by atomic mass is 10.0. The van der Waals surface area contributed by atoms with Gasteiger partial charge in [-0.3, -0.25) is 4.79 Å². The SMILES string of the molecule is CC(C)COc1cccc(C(=O)N2CCCc3cc(S(C)(=O)=O)ccc32)c1. The van der Waals surface area contributed by atoms with Gasteiger partial charge in [0.2, 0.25) is 0 Å². The molecule has 0 aromatic heterocycles. The van der Waals surface area contributed by atoms with Crippen LogP contribution in [0.15, 0.2) is 47.4 Å². The van der Waals surface area contributed by atoms with Crippen LogP contribution < -0.4 is 9.64 Å². The van der Waals surface area contributed by atoms with Gasteiger partial charge in [0, 0.05) is 24.1 Å². The number of aryl methyl sites for hydroxylation is 1. The molecule has 0 spiro atoms. The summed E-state index contributed by atoms with van der Waals surface area (Å²) in [6.45, 7) is 5.36. The molecule has 1 aliphatic heterocycles. The van der Waals surface area contributed by atoms with Gasteiger partial charge in [-0.1, -0.05) is 19.9 Å². The number of rotatable bonds is 5. The second-order valence-electron chi connectivity index (χ2n) is 7.36. The van der Waals surface area contributed by atoms with Crippen LogP contribution in [0, 0.1) is 5.92 Å². The summed E-state index contributed by atoms with van der Waals surface area (Å²) in [4.78, 5) is 15.1. The average Bonchev–Trinajstić information content (AvgIpc) is 2.64. The fraction of sp³-hybridized carbons (Fsp3) is 0.381. The Morgan fingerprint density at radius 3 is 2.67 bits per heavy atom. The third-order valence-electron chi connectivity index (χ3n) is 4.51. The summed E-state index contributed by atoms with van der Waals surface area (Å²) < 4.78 is 29.3. The van der Waals surface area contributed by atoms with Crippen molar-refractivity contribution in [1.82, 2.24) is 0 Å². The van der Waals surface area contributed by atoms with Gasteiger partial charge in [-0.2, -0.15) is 0 Å². The molecule has 0 N–H and O–H groups in total. The Bertz CT molecular complexity index is 950. The predicted molar refractivity (Wildman–Crippen MR) is 106 cm³/mol. The summed E-state index contributed by atoms with van der Waals surface area (Å²) in [7, 11) is -3.27. The highest BCUT2D eigenvalue weighted by Crippen LogP contribution is 2.31. The van der Waals surface area contributed by atoms with Gasteiger partial charge in [0.25, 0.3) is 5.91 Å².